The molecule has 0 saturated heterocycles. The summed E-state index contributed by atoms with van der Waals surface area (Å²) in [5.41, 5.74) is 9.51. The minimum Gasteiger partial charge on any atom is -0.494 e. The third-order valence-corrected chi connectivity index (χ3v) is 10.9. The molecular weight excluding hydrogens is 712 g/mol. The molecule has 0 spiro atoms. The summed E-state index contributed by atoms with van der Waals surface area (Å²) in [6.07, 6.45) is 1.62. The minimum absolute atomic E-state index is 0.135. The van der Waals surface area contributed by atoms with Crippen molar-refractivity contribution in [2.24, 2.45) is 0 Å². The van der Waals surface area contributed by atoms with Crippen LogP contribution in [0.5, 0.6) is 5.75 Å². The fourth-order valence-corrected chi connectivity index (χ4v) is 8.38. The van der Waals surface area contributed by atoms with E-state index in [2.05, 4.69) is 22.1 Å². The zero-order valence-corrected chi connectivity index (χ0v) is 33.0. The summed E-state index contributed by atoms with van der Waals surface area (Å²) < 4.78 is 38.3. The molecule has 0 amide bonds. The minimum atomic E-state index is -3.89. The van der Waals surface area contributed by atoms with Crippen LogP contribution in [0.15, 0.2) is 84.9 Å². The molecule has 2 atom stereocenters. The van der Waals surface area contributed by atoms with Crippen molar-refractivity contribution in [2.45, 2.75) is 91.0 Å². The summed E-state index contributed by atoms with van der Waals surface area (Å²) in [5.74, 6) is -0.372. The number of nitrogens with two attached hydrogens (primary N) is 1. The Morgan fingerprint density at radius 2 is 1.38 bits per heavy atom. The van der Waals surface area contributed by atoms with Crippen molar-refractivity contribution >= 4 is 35.9 Å². The van der Waals surface area contributed by atoms with Gasteiger partial charge in [0.05, 0.1) is 36.0 Å². The van der Waals surface area contributed by atoms with Gasteiger partial charge in [0.15, 0.2) is 5.13 Å². The van der Waals surface area contributed by atoms with Crippen LogP contribution in [0.25, 0.3) is 10.4 Å². The second-order valence-electron chi connectivity index (χ2n) is 13.3. The first-order valence-electron chi connectivity index (χ1n) is 18.1. The van der Waals surface area contributed by atoms with Gasteiger partial charge in [-0.25, -0.2) is 15.2 Å². The van der Waals surface area contributed by atoms with Gasteiger partial charge >= 0.3 is 11.9 Å². The molecule has 0 bridgehead atoms. The smallest absolute Gasteiger partial charge is 0.324 e. The van der Waals surface area contributed by atoms with Crippen molar-refractivity contribution in [1.29, 1.82) is 0 Å². The molecule has 3 aromatic carbocycles. The zero-order chi connectivity index (χ0) is 38.2. The van der Waals surface area contributed by atoms with Gasteiger partial charge in [0.1, 0.15) is 24.2 Å². The molecule has 1 heterocycles. The molecule has 0 saturated carbocycles. The van der Waals surface area contributed by atoms with Crippen LogP contribution in [-0.2, 0) is 47.6 Å². The SMILES string of the molecule is CCCCOc1cccc(-c2sc(N)nc2CCOCP(=O)(N[C@@H](Cc2ccccc2)C(=O)OC(C)C)N[C@@H](Cc2ccccc2)C(=O)OC(C)C)c1. The van der Waals surface area contributed by atoms with E-state index in [4.69, 9.17) is 24.7 Å². The van der Waals surface area contributed by atoms with E-state index in [1.807, 2.05) is 84.9 Å². The van der Waals surface area contributed by atoms with Crippen LogP contribution >= 0.6 is 18.8 Å². The van der Waals surface area contributed by atoms with Gasteiger partial charge in [0.2, 0.25) is 7.44 Å². The number of rotatable bonds is 22. The molecule has 0 aliphatic rings. The number of unbranched alkanes of at least 4 members (excludes halogenated alkanes) is 1. The largest absolute Gasteiger partial charge is 0.494 e. The molecule has 4 rings (SSSR count). The van der Waals surface area contributed by atoms with Gasteiger partial charge in [-0.15, -0.1) is 0 Å². The van der Waals surface area contributed by atoms with Crippen LogP contribution in [0.4, 0.5) is 5.13 Å². The van der Waals surface area contributed by atoms with Gasteiger partial charge in [0, 0.05) is 6.42 Å². The molecule has 11 nitrogen and oxygen atoms in total. The molecule has 4 N–H and O–H groups in total. The second kappa shape index (κ2) is 21.0. The average Bonchev–Trinajstić information content (AvgIpc) is 3.50. The Morgan fingerprint density at radius 3 is 1.91 bits per heavy atom. The maximum atomic E-state index is 15.0. The van der Waals surface area contributed by atoms with E-state index >= 15 is 4.57 Å². The standard InChI is InChI=1S/C40H53N4O7PS/c1-6-7-22-49-33-20-14-19-32(26-33)37-34(42-40(41)53-37)21-23-48-27-52(47,43-35(38(45)50-28(2)3)24-30-15-10-8-11-16-30)44-36(39(46)51-29(4)5)25-31-17-12-9-13-18-31/h8-20,26,28-29,35-36H,6-7,21-25,27H2,1-5H3,(H2,41,42)(H2,43,44,47)/t35-,36-/m0/s1. The summed E-state index contributed by atoms with van der Waals surface area (Å²) in [5, 5.41) is 6.55. The number of hydrogen-bond acceptors (Lipinski definition) is 10. The van der Waals surface area contributed by atoms with Crippen LogP contribution in [-0.4, -0.2) is 60.8 Å². The maximum absolute atomic E-state index is 15.0. The number of esters is 2. The van der Waals surface area contributed by atoms with E-state index in [0.717, 1.165) is 45.9 Å². The van der Waals surface area contributed by atoms with Crippen LogP contribution in [0.1, 0.15) is 64.3 Å². The Kier molecular flexibility index (Phi) is 16.5. The highest BCUT2D eigenvalue weighted by Gasteiger charge is 2.36. The average molecular weight is 765 g/mol. The highest BCUT2D eigenvalue weighted by Crippen LogP contribution is 2.39. The Morgan fingerprint density at radius 1 is 0.811 bits per heavy atom. The predicted octanol–water partition coefficient (Wildman–Crippen LogP) is 7.59. The number of carbonyl (C=O) groups excluding carboxylic acids is 2. The number of nitrogen functional groups attached to an aromatic ring is 1. The number of nitrogens with one attached hydrogen (secondary N) is 2. The van der Waals surface area contributed by atoms with Crippen LogP contribution in [0.3, 0.4) is 0 Å². The number of anilines is 1. The molecule has 13 heteroatoms. The lowest BCUT2D eigenvalue weighted by Gasteiger charge is -2.29. The van der Waals surface area contributed by atoms with E-state index in [-0.39, 0.29) is 25.8 Å². The fraction of sp³-hybridized carbons (Fsp3) is 0.425. The first-order chi connectivity index (χ1) is 25.4. The Bertz CT molecular complexity index is 1700. The molecular formula is C40H53N4O7PS. The van der Waals surface area contributed by atoms with Crippen LogP contribution < -0.4 is 20.6 Å². The number of thiazole rings is 1. The highest BCUT2D eigenvalue weighted by atomic mass is 32.1. The Hall–Kier alpha value is -4.06. The van der Waals surface area contributed by atoms with Crippen LogP contribution in [0, 0.1) is 0 Å². The summed E-state index contributed by atoms with van der Waals surface area (Å²) in [6, 6.07) is 24.6. The lowest BCUT2D eigenvalue weighted by molar-refractivity contribution is -0.150. The van der Waals surface area contributed by atoms with Gasteiger partial charge in [-0.05, 0) is 75.8 Å². The van der Waals surface area contributed by atoms with Crippen molar-refractivity contribution in [3.63, 3.8) is 0 Å². The molecule has 0 aliphatic carbocycles. The topological polar surface area (TPSA) is 151 Å². The van der Waals surface area contributed by atoms with E-state index in [0.29, 0.717) is 18.2 Å². The monoisotopic (exact) mass is 764 g/mol. The Balaban J connectivity index is 1.58. The third kappa shape index (κ3) is 14.0. The van der Waals surface area contributed by atoms with Crippen molar-refractivity contribution < 1.29 is 33.1 Å². The number of hydrogen-bond donors (Lipinski definition) is 3. The molecule has 0 fully saturated rings. The molecule has 1 aromatic heterocycles. The third-order valence-electron chi connectivity index (χ3n) is 7.90. The van der Waals surface area contributed by atoms with Crippen molar-refractivity contribution in [3.05, 3.63) is 102 Å². The molecule has 53 heavy (non-hydrogen) atoms. The van der Waals surface area contributed by atoms with Gasteiger partial charge in [-0.1, -0.05) is 97.5 Å². The number of nitrogens with zero attached hydrogens (tertiary/aromatic N) is 1. The van der Waals surface area contributed by atoms with E-state index in [1.54, 1.807) is 27.7 Å². The number of aromatic nitrogens is 1. The molecule has 4 aromatic rings. The van der Waals surface area contributed by atoms with Crippen LogP contribution in [0.2, 0.25) is 0 Å². The number of ether oxygens (including phenoxy) is 4. The summed E-state index contributed by atoms with van der Waals surface area (Å²) >= 11 is 1.38. The molecule has 0 aliphatic heterocycles. The maximum Gasteiger partial charge on any atom is 0.324 e. The Labute approximate surface area is 317 Å². The molecule has 286 valence electrons. The lowest BCUT2D eigenvalue weighted by atomic mass is 10.1. The van der Waals surface area contributed by atoms with Crippen molar-refractivity contribution in [2.75, 3.05) is 25.3 Å². The number of benzene rings is 3. The number of carbonyl (C=O) groups is 2. The van der Waals surface area contributed by atoms with E-state index in [9.17, 15) is 9.59 Å². The van der Waals surface area contributed by atoms with Crippen molar-refractivity contribution in [3.8, 4) is 16.2 Å². The summed E-state index contributed by atoms with van der Waals surface area (Å²) in [4.78, 5) is 32.4. The summed E-state index contributed by atoms with van der Waals surface area (Å²) in [6.45, 7) is 9.91. The van der Waals surface area contributed by atoms with Crippen molar-refractivity contribution in [1.82, 2.24) is 15.2 Å². The van der Waals surface area contributed by atoms with Gasteiger partial charge in [-0.3, -0.25) is 14.2 Å². The molecule has 0 radical (unpaired) electrons. The van der Waals surface area contributed by atoms with E-state index in [1.165, 1.54) is 11.3 Å². The highest BCUT2D eigenvalue weighted by molar-refractivity contribution is 7.59. The van der Waals surface area contributed by atoms with Gasteiger partial charge in [0.25, 0.3) is 0 Å². The lowest BCUT2D eigenvalue weighted by Crippen LogP contribution is -2.47. The first-order valence-corrected chi connectivity index (χ1v) is 20.8. The molecule has 0 unspecified atom stereocenters. The normalized spacial score (nSPS) is 12.8. The van der Waals surface area contributed by atoms with Gasteiger partial charge < -0.3 is 24.7 Å². The predicted molar refractivity (Wildman–Crippen MR) is 211 cm³/mol. The van der Waals surface area contributed by atoms with Gasteiger partial charge in [-0.2, -0.15) is 0 Å². The second-order valence-corrected chi connectivity index (χ2v) is 16.6. The fourth-order valence-electron chi connectivity index (χ4n) is 5.50. The van der Waals surface area contributed by atoms with E-state index < -0.39 is 43.7 Å². The quantitative estimate of drug-likeness (QED) is 0.0413. The first kappa shape index (κ1) is 41.7. The zero-order valence-electron chi connectivity index (χ0n) is 31.3. The summed E-state index contributed by atoms with van der Waals surface area (Å²) in [7, 11) is -3.89.